The summed E-state index contributed by atoms with van der Waals surface area (Å²) in [5.74, 6) is 0. The quantitative estimate of drug-likeness (QED) is 0.738. The number of likely N-dealkylation sites (tertiary alicyclic amines) is 2. The zero-order valence-corrected chi connectivity index (χ0v) is 13.2. The Hall–Kier alpha value is -1.19. The molecule has 0 saturated carbocycles. The van der Waals surface area contributed by atoms with Gasteiger partial charge in [0.25, 0.3) is 0 Å². The Bertz CT molecular complexity index is 365. The summed E-state index contributed by atoms with van der Waals surface area (Å²) in [6, 6.07) is 0.557. The normalized spacial score (nSPS) is 22.1. The molecule has 0 unspecified atom stereocenters. The van der Waals surface area contributed by atoms with Gasteiger partial charge in [-0.05, 0) is 52.9 Å². The predicted octanol–water partition coefficient (Wildman–Crippen LogP) is 3.39. The summed E-state index contributed by atoms with van der Waals surface area (Å²) in [7, 11) is 0. The van der Waals surface area contributed by atoms with E-state index in [1.54, 1.807) is 0 Å². The lowest BCUT2D eigenvalue weighted by atomic mass is 9.98. The number of hydrogen-bond acceptors (Lipinski definition) is 3. The van der Waals surface area contributed by atoms with Gasteiger partial charge in [0.15, 0.2) is 0 Å². The maximum atomic E-state index is 12.0. The Morgan fingerprint density at radius 3 is 2.40 bits per heavy atom. The van der Waals surface area contributed by atoms with E-state index in [4.69, 9.17) is 4.74 Å². The van der Waals surface area contributed by atoms with Crippen LogP contribution in [0.15, 0.2) is 12.3 Å². The van der Waals surface area contributed by atoms with Crippen LogP contribution in [0.5, 0.6) is 0 Å². The molecule has 0 aromatic heterocycles. The van der Waals surface area contributed by atoms with Crippen LogP contribution in [0.25, 0.3) is 0 Å². The summed E-state index contributed by atoms with van der Waals surface area (Å²) in [6.07, 6.45) is 5.55. The minimum Gasteiger partial charge on any atom is -0.444 e. The summed E-state index contributed by atoms with van der Waals surface area (Å²) in [5, 5.41) is 0. The summed E-state index contributed by atoms with van der Waals surface area (Å²) >= 11 is 0. The van der Waals surface area contributed by atoms with Crippen molar-refractivity contribution in [1.82, 2.24) is 9.80 Å². The number of amides is 1. The maximum absolute atomic E-state index is 12.0. The molecule has 2 aliphatic rings. The van der Waals surface area contributed by atoms with Crippen molar-refractivity contribution in [3.63, 3.8) is 0 Å². The highest BCUT2D eigenvalue weighted by Gasteiger charge is 2.30. The van der Waals surface area contributed by atoms with Crippen molar-refractivity contribution in [3.8, 4) is 0 Å². The fourth-order valence-corrected chi connectivity index (χ4v) is 3.04. The lowest BCUT2D eigenvalue weighted by Crippen LogP contribution is -2.48. The zero-order chi connectivity index (χ0) is 14.8. The third-order valence-corrected chi connectivity index (χ3v) is 4.08. The monoisotopic (exact) mass is 280 g/mol. The van der Waals surface area contributed by atoms with E-state index in [0.29, 0.717) is 6.04 Å². The Morgan fingerprint density at radius 1 is 1.20 bits per heavy atom. The first-order valence-corrected chi connectivity index (χ1v) is 7.79. The van der Waals surface area contributed by atoms with E-state index in [1.807, 2.05) is 25.7 Å². The van der Waals surface area contributed by atoms with Crippen LogP contribution in [0.3, 0.4) is 0 Å². The second kappa shape index (κ2) is 6.06. The molecule has 0 aromatic carbocycles. The fraction of sp³-hybridized carbons (Fsp3) is 0.812. The number of rotatable bonds is 1. The molecular weight excluding hydrogens is 252 g/mol. The Balaban J connectivity index is 1.83. The van der Waals surface area contributed by atoms with E-state index >= 15 is 0 Å². The molecule has 2 saturated heterocycles. The molecule has 4 heteroatoms. The van der Waals surface area contributed by atoms with Crippen molar-refractivity contribution >= 4 is 6.09 Å². The van der Waals surface area contributed by atoms with Gasteiger partial charge in [0.1, 0.15) is 5.60 Å². The average Bonchev–Trinajstić information content (AvgIpc) is 2.37. The summed E-state index contributed by atoms with van der Waals surface area (Å²) in [6.45, 7) is 12.7. The van der Waals surface area contributed by atoms with Crippen molar-refractivity contribution in [2.24, 2.45) is 0 Å². The molecule has 0 bridgehead atoms. The number of piperidine rings is 2. The second-order valence-electron chi connectivity index (χ2n) is 6.92. The van der Waals surface area contributed by atoms with E-state index in [2.05, 4.69) is 11.5 Å². The summed E-state index contributed by atoms with van der Waals surface area (Å²) in [5.41, 5.74) is 0.877. The number of carbonyl (C=O) groups excluding carboxylic acids is 1. The zero-order valence-electron chi connectivity index (χ0n) is 13.2. The second-order valence-corrected chi connectivity index (χ2v) is 6.92. The van der Waals surface area contributed by atoms with Crippen LogP contribution < -0.4 is 0 Å². The Morgan fingerprint density at radius 2 is 1.85 bits per heavy atom. The molecule has 0 aromatic rings. The van der Waals surface area contributed by atoms with Crippen molar-refractivity contribution in [2.75, 3.05) is 19.6 Å². The van der Waals surface area contributed by atoms with Gasteiger partial charge in [-0.15, -0.1) is 0 Å². The third kappa shape index (κ3) is 3.90. The molecule has 4 nitrogen and oxygen atoms in total. The Kier molecular flexibility index (Phi) is 4.61. The number of hydrogen-bond donors (Lipinski definition) is 0. The average molecular weight is 280 g/mol. The minimum atomic E-state index is -0.408. The highest BCUT2D eigenvalue weighted by molar-refractivity contribution is 5.68. The number of allylic oxidation sites excluding steroid dienone is 1. The molecule has 20 heavy (non-hydrogen) atoms. The van der Waals surface area contributed by atoms with Crippen molar-refractivity contribution in [2.45, 2.75) is 64.5 Å². The van der Waals surface area contributed by atoms with E-state index in [1.165, 1.54) is 18.5 Å². The van der Waals surface area contributed by atoms with Crippen molar-refractivity contribution < 1.29 is 9.53 Å². The molecule has 2 fully saturated rings. The van der Waals surface area contributed by atoms with Gasteiger partial charge in [-0.25, -0.2) is 4.79 Å². The largest absolute Gasteiger partial charge is 0.444 e. The lowest BCUT2D eigenvalue weighted by Gasteiger charge is -2.42. The van der Waals surface area contributed by atoms with E-state index < -0.39 is 5.60 Å². The first-order valence-electron chi connectivity index (χ1n) is 7.79. The molecule has 0 aliphatic carbocycles. The van der Waals surface area contributed by atoms with Crippen LogP contribution in [0.1, 0.15) is 52.9 Å². The van der Waals surface area contributed by atoms with Crippen LogP contribution in [0.4, 0.5) is 4.79 Å². The van der Waals surface area contributed by atoms with Crippen LogP contribution in [-0.2, 0) is 4.74 Å². The molecule has 2 rings (SSSR count). The van der Waals surface area contributed by atoms with E-state index in [0.717, 1.165) is 38.9 Å². The van der Waals surface area contributed by atoms with E-state index in [9.17, 15) is 4.79 Å². The van der Waals surface area contributed by atoms with Crippen molar-refractivity contribution in [1.29, 1.82) is 0 Å². The maximum Gasteiger partial charge on any atom is 0.410 e. The predicted molar refractivity (Wildman–Crippen MR) is 80.5 cm³/mol. The van der Waals surface area contributed by atoms with Crippen molar-refractivity contribution in [3.05, 3.63) is 12.3 Å². The van der Waals surface area contributed by atoms with Gasteiger partial charge in [0, 0.05) is 31.4 Å². The fourth-order valence-electron chi connectivity index (χ4n) is 3.04. The smallest absolute Gasteiger partial charge is 0.410 e. The molecule has 0 atom stereocenters. The molecule has 114 valence electrons. The number of carbonyl (C=O) groups is 1. The van der Waals surface area contributed by atoms with Gasteiger partial charge >= 0.3 is 6.09 Å². The molecular formula is C16H28N2O2. The minimum absolute atomic E-state index is 0.173. The molecule has 1 amide bonds. The highest BCUT2D eigenvalue weighted by Crippen LogP contribution is 2.27. The molecule has 0 radical (unpaired) electrons. The molecule has 0 N–H and O–H groups in total. The van der Waals surface area contributed by atoms with Gasteiger partial charge in [-0.3, -0.25) is 0 Å². The van der Waals surface area contributed by atoms with Gasteiger partial charge in [0.2, 0.25) is 0 Å². The van der Waals surface area contributed by atoms with Crippen LogP contribution in [-0.4, -0.2) is 47.2 Å². The SMILES string of the molecule is C=C1CCCCN1C1CCN(C(=O)OC(C)(C)C)CC1. The third-order valence-electron chi connectivity index (χ3n) is 4.08. The molecule has 2 heterocycles. The topological polar surface area (TPSA) is 32.8 Å². The van der Waals surface area contributed by atoms with Gasteiger partial charge in [0.05, 0.1) is 0 Å². The van der Waals surface area contributed by atoms with Crippen LogP contribution >= 0.6 is 0 Å². The van der Waals surface area contributed by atoms with Crippen LogP contribution in [0, 0.1) is 0 Å². The summed E-state index contributed by atoms with van der Waals surface area (Å²) in [4.78, 5) is 16.3. The molecule has 2 aliphatic heterocycles. The highest BCUT2D eigenvalue weighted by atomic mass is 16.6. The number of ether oxygens (including phenoxy) is 1. The molecule has 0 spiro atoms. The Labute approximate surface area is 122 Å². The first-order chi connectivity index (χ1) is 9.37. The van der Waals surface area contributed by atoms with Crippen LogP contribution in [0.2, 0.25) is 0 Å². The van der Waals surface area contributed by atoms with Gasteiger partial charge < -0.3 is 14.5 Å². The summed E-state index contributed by atoms with van der Waals surface area (Å²) < 4.78 is 5.43. The standard InChI is InChI=1S/C16H28N2O2/c1-13-7-5-6-10-18(13)14-8-11-17(12-9-14)15(19)20-16(2,3)4/h14H,1,5-12H2,2-4H3. The van der Waals surface area contributed by atoms with Gasteiger partial charge in [-0.1, -0.05) is 6.58 Å². The number of nitrogens with zero attached hydrogens (tertiary/aromatic N) is 2. The van der Waals surface area contributed by atoms with E-state index in [-0.39, 0.29) is 6.09 Å². The lowest BCUT2D eigenvalue weighted by molar-refractivity contribution is 0.0154. The van der Waals surface area contributed by atoms with Gasteiger partial charge in [-0.2, -0.15) is 0 Å². The first kappa shape index (κ1) is 15.2.